The van der Waals surface area contributed by atoms with E-state index in [0.717, 1.165) is 50.2 Å². The molecule has 0 aromatic heterocycles. The lowest BCUT2D eigenvalue weighted by Gasteiger charge is -2.21. The second kappa shape index (κ2) is 25.2. The molecule has 0 aliphatic heterocycles. The fourth-order valence-electron chi connectivity index (χ4n) is 4.46. The zero-order valence-electron chi connectivity index (χ0n) is 28.3. The summed E-state index contributed by atoms with van der Waals surface area (Å²) in [4.78, 5) is 45.1. The molecule has 3 aromatic carbocycles. The third-order valence-electron chi connectivity index (χ3n) is 7.42. The summed E-state index contributed by atoms with van der Waals surface area (Å²) in [5.74, 6) is -0.168. The van der Waals surface area contributed by atoms with Crippen LogP contribution in [0.2, 0.25) is 0 Å². The summed E-state index contributed by atoms with van der Waals surface area (Å²) in [6.45, 7) is 9.75. The number of aliphatic carboxylic acids is 1. The van der Waals surface area contributed by atoms with E-state index < -0.39 is 16.9 Å². The van der Waals surface area contributed by atoms with E-state index in [1.54, 1.807) is 23.9 Å². The molecule has 0 radical (unpaired) electrons. The SMILES string of the molecule is CCCC.CCN(CCNC(=O)CCCCc1ccc([N+](=O)[O-])cc1)Cc1cccc2ccccc12.CSCC[C@H](NC=O)C(=O)O. The average molecular weight is 669 g/mol. The molecule has 3 rings (SSSR count). The number of thioether (sulfide) groups is 1. The number of nitro groups is 1. The predicted octanol–water partition coefficient (Wildman–Crippen LogP) is 6.84. The van der Waals surface area contributed by atoms with Gasteiger partial charge < -0.3 is 15.7 Å². The molecule has 3 aromatic rings. The minimum Gasteiger partial charge on any atom is -0.480 e. The number of non-ortho nitro benzene ring substituents is 1. The number of carbonyl (C=O) groups excluding carboxylic acids is 2. The monoisotopic (exact) mass is 668 g/mol. The molecule has 1 atom stereocenters. The van der Waals surface area contributed by atoms with E-state index in [1.807, 2.05) is 6.26 Å². The fraction of sp³-hybridized carbons (Fsp3) is 0.472. The van der Waals surface area contributed by atoms with Crippen LogP contribution in [0.5, 0.6) is 0 Å². The fourth-order valence-corrected chi connectivity index (χ4v) is 4.93. The van der Waals surface area contributed by atoms with Gasteiger partial charge in [0.05, 0.1) is 4.92 Å². The van der Waals surface area contributed by atoms with Crippen molar-refractivity contribution in [3.05, 3.63) is 88.0 Å². The number of hydrogen-bond acceptors (Lipinski definition) is 7. The van der Waals surface area contributed by atoms with Crippen molar-refractivity contribution in [2.75, 3.05) is 31.6 Å². The Balaban J connectivity index is 0.000000614. The zero-order chi connectivity index (χ0) is 34.9. The number of fused-ring (bicyclic) bond motifs is 1. The van der Waals surface area contributed by atoms with Gasteiger partial charge in [0.1, 0.15) is 6.04 Å². The summed E-state index contributed by atoms with van der Waals surface area (Å²) < 4.78 is 0. The smallest absolute Gasteiger partial charge is 0.326 e. The van der Waals surface area contributed by atoms with E-state index >= 15 is 0 Å². The van der Waals surface area contributed by atoms with Crippen LogP contribution < -0.4 is 10.6 Å². The predicted molar refractivity (Wildman–Crippen MR) is 193 cm³/mol. The summed E-state index contributed by atoms with van der Waals surface area (Å²) in [6.07, 6.45) is 8.42. The van der Waals surface area contributed by atoms with E-state index in [9.17, 15) is 24.5 Å². The van der Waals surface area contributed by atoms with Crippen LogP contribution in [0.3, 0.4) is 0 Å². The van der Waals surface area contributed by atoms with Crippen LogP contribution in [0.15, 0.2) is 66.7 Å². The number of likely N-dealkylation sites (N-methyl/N-ethyl adjacent to an activating group) is 1. The first kappa shape index (κ1) is 41.1. The molecule has 0 aliphatic carbocycles. The van der Waals surface area contributed by atoms with Crippen molar-refractivity contribution in [2.24, 2.45) is 0 Å². The van der Waals surface area contributed by atoms with Crippen molar-refractivity contribution >= 4 is 46.5 Å². The second-order valence-corrected chi connectivity index (χ2v) is 11.9. The van der Waals surface area contributed by atoms with Gasteiger partial charge in [0.25, 0.3) is 5.69 Å². The lowest BCUT2D eigenvalue weighted by atomic mass is 10.0. The van der Waals surface area contributed by atoms with E-state index in [0.29, 0.717) is 25.8 Å². The van der Waals surface area contributed by atoms with E-state index in [2.05, 4.69) is 78.8 Å². The summed E-state index contributed by atoms with van der Waals surface area (Å²) in [7, 11) is 0. The first-order valence-corrected chi connectivity index (χ1v) is 17.7. The van der Waals surface area contributed by atoms with Crippen LogP contribution in [-0.2, 0) is 27.3 Å². The van der Waals surface area contributed by atoms with Crippen molar-refractivity contribution in [1.82, 2.24) is 15.5 Å². The average Bonchev–Trinajstić information content (AvgIpc) is 3.08. The topological polar surface area (TPSA) is 142 Å². The number of carboxylic acids is 1. The highest BCUT2D eigenvalue weighted by Crippen LogP contribution is 2.20. The molecule has 0 saturated carbocycles. The summed E-state index contributed by atoms with van der Waals surface area (Å²) in [5.41, 5.74) is 2.47. The number of nitro benzene ring substituents is 1. The largest absolute Gasteiger partial charge is 0.480 e. The first-order valence-electron chi connectivity index (χ1n) is 16.3. The van der Waals surface area contributed by atoms with Crippen LogP contribution in [0.4, 0.5) is 5.69 Å². The lowest BCUT2D eigenvalue weighted by molar-refractivity contribution is -0.384. The molecule has 258 valence electrons. The number of carbonyl (C=O) groups is 3. The highest BCUT2D eigenvalue weighted by molar-refractivity contribution is 7.98. The van der Waals surface area contributed by atoms with Gasteiger partial charge in [-0.3, -0.25) is 24.6 Å². The normalized spacial score (nSPS) is 11.0. The lowest BCUT2D eigenvalue weighted by Crippen LogP contribution is -2.36. The Labute approximate surface area is 283 Å². The molecule has 0 fully saturated rings. The maximum absolute atomic E-state index is 12.2. The van der Waals surface area contributed by atoms with E-state index in [4.69, 9.17) is 5.11 Å². The molecule has 0 saturated heterocycles. The Morgan fingerprint density at radius 1 is 1.00 bits per heavy atom. The number of unbranched alkanes of at least 4 members (excludes halogenated alkanes) is 2. The van der Waals surface area contributed by atoms with Crippen LogP contribution in [-0.4, -0.2) is 70.9 Å². The molecule has 0 aliphatic rings. The van der Waals surface area contributed by atoms with Gasteiger partial charge in [-0.05, 0) is 66.1 Å². The van der Waals surface area contributed by atoms with Gasteiger partial charge in [-0.25, -0.2) is 4.79 Å². The molecule has 0 unspecified atom stereocenters. The zero-order valence-corrected chi connectivity index (χ0v) is 29.1. The van der Waals surface area contributed by atoms with Crippen molar-refractivity contribution in [1.29, 1.82) is 0 Å². The Morgan fingerprint density at radius 2 is 1.68 bits per heavy atom. The van der Waals surface area contributed by atoms with Crippen molar-refractivity contribution in [3.63, 3.8) is 0 Å². The van der Waals surface area contributed by atoms with Gasteiger partial charge in [-0.2, -0.15) is 11.8 Å². The molecule has 0 spiro atoms. The third kappa shape index (κ3) is 17.5. The number of aryl methyl sites for hydroxylation is 1. The Hall–Kier alpha value is -3.96. The molecule has 10 nitrogen and oxygen atoms in total. The number of benzene rings is 3. The number of amides is 2. The van der Waals surface area contributed by atoms with Crippen molar-refractivity contribution < 1.29 is 24.4 Å². The maximum atomic E-state index is 12.2. The highest BCUT2D eigenvalue weighted by atomic mass is 32.2. The van der Waals surface area contributed by atoms with E-state index in [-0.39, 0.29) is 11.6 Å². The number of nitrogens with one attached hydrogen (secondary N) is 2. The minimum atomic E-state index is -0.980. The maximum Gasteiger partial charge on any atom is 0.326 e. The number of rotatable bonds is 19. The summed E-state index contributed by atoms with van der Waals surface area (Å²) >= 11 is 1.55. The van der Waals surface area contributed by atoms with Gasteiger partial charge in [0, 0.05) is 38.2 Å². The number of nitrogens with zero attached hydrogens (tertiary/aromatic N) is 2. The molecule has 11 heteroatoms. The summed E-state index contributed by atoms with van der Waals surface area (Å²) in [6, 6.07) is 20.7. The quantitative estimate of drug-likeness (QED) is 0.0545. The highest BCUT2D eigenvalue weighted by Gasteiger charge is 2.14. The number of hydrogen-bond donors (Lipinski definition) is 3. The molecule has 3 N–H and O–H groups in total. The standard InChI is InChI=1S/C26H31N3O3.C6H11NO3S.C4H10/c1-2-28(20-23-11-7-10-22-9-4-5-12-25(22)23)19-18-27-26(30)13-6-3-8-21-14-16-24(17-15-21)29(31)32;1-11-3-2-5(6(9)10)7-4-8;1-3-4-2/h4-5,7,9-12,14-17H,2-3,6,8,13,18-20H2,1H3,(H,27,30);4-5H,2-3H2,1H3,(H,7,8)(H,9,10);3-4H2,1-2H3/t;5-;/m.0./s1. The molecule has 0 heterocycles. The van der Waals surface area contributed by atoms with Gasteiger partial charge in [-0.1, -0.05) is 88.2 Å². The van der Waals surface area contributed by atoms with Crippen molar-refractivity contribution in [2.45, 2.75) is 78.3 Å². The molecular formula is C36H52N4O6S. The third-order valence-corrected chi connectivity index (χ3v) is 8.06. The van der Waals surface area contributed by atoms with Gasteiger partial charge in [0.15, 0.2) is 0 Å². The second-order valence-electron chi connectivity index (χ2n) is 10.9. The number of carboxylic acid groups (broad SMARTS) is 1. The van der Waals surface area contributed by atoms with Gasteiger partial charge in [-0.15, -0.1) is 0 Å². The molecular weight excluding hydrogens is 616 g/mol. The van der Waals surface area contributed by atoms with Crippen LogP contribution in [0.1, 0.15) is 70.4 Å². The van der Waals surface area contributed by atoms with Crippen LogP contribution in [0.25, 0.3) is 10.8 Å². The van der Waals surface area contributed by atoms with Crippen molar-refractivity contribution in [3.8, 4) is 0 Å². The molecule has 47 heavy (non-hydrogen) atoms. The molecule has 2 amide bonds. The first-order chi connectivity index (χ1) is 22.7. The molecule has 0 bridgehead atoms. The van der Waals surface area contributed by atoms with E-state index in [1.165, 1.54) is 41.3 Å². The minimum absolute atomic E-state index is 0.0786. The van der Waals surface area contributed by atoms with Gasteiger partial charge in [0.2, 0.25) is 12.3 Å². The summed E-state index contributed by atoms with van der Waals surface area (Å²) in [5, 5.41) is 27.0. The van der Waals surface area contributed by atoms with Crippen LogP contribution in [0, 0.1) is 10.1 Å². The Bertz CT molecular complexity index is 1330. The Kier molecular flexibility index (Phi) is 22.0. The van der Waals surface area contributed by atoms with Crippen LogP contribution >= 0.6 is 11.8 Å². The Morgan fingerprint density at radius 3 is 2.28 bits per heavy atom. The van der Waals surface area contributed by atoms with Gasteiger partial charge >= 0.3 is 5.97 Å².